The molecule has 1 N–H and O–H groups in total. The zero-order chi connectivity index (χ0) is 15.8. The molecule has 2 heterocycles. The van der Waals surface area contributed by atoms with E-state index in [9.17, 15) is 0 Å². The van der Waals surface area contributed by atoms with Gasteiger partial charge in [0.1, 0.15) is 17.4 Å². The minimum atomic E-state index is 0.892. The number of H-pyrrole nitrogens is 1. The van der Waals surface area contributed by atoms with Gasteiger partial charge in [0.2, 0.25) is 0 Å². The molecular formula is C19H18N4. The molecule has 0 atom stereocenters. The lowest BCUT2D eigenvalue weighted by molar-refractivity contribution is 1.05. The van der Waals surface area contributed by atoms with Crippen molar-refractivity contribution in [3.05, 3.63) is 66.2 Å². The second kappa shape index (κ2) is 5.39. The predicted molar refractivity (Wildman–Crippen MR) is 95.4 cm³/mol. The van der Waals surface area contributed by atoms with Gasteiger partial charge in [-0.25, -0.2) is 9.97 Å². The first-order valence-corrected chi connectivity index (χ1v) is 7.74. The molecule has 2 aromatic heterocycles. The van der Waals surface area contributed by atoms with Crippen molar-refractivity contribution in [1.82, 2.24) is 15.0 Å². The molecule has 4 nitrogen and oxygen atoms in total. The van der Waals surface area contributed by atoms with E-state index in [-0.39, 0.29) is 0 Å². The van der Waals surface area contributed by atoms with Gasteiger partial charge < -0.3 is 9.88 Å². The van der Waals surface area contributed by atoms with Crippen LogP contribution < -0.4 is 4.90 Å². The summed E-state index contributed by atoms with van der Waals surface area (Å²) in [4.78, 5) is 14.6. The first kappa shape index (κ1) is 13.8. The average Bonchev–Trinajstić information content (AvgIpc) is 2.81. The van der Waals surface area contributed by atoms with Crippen molar-refractivity contribution in [2.45, 2.75) is 13.3 Å². The number of nitrogens with zero attached hydrogens (tertiary/aromatic N) is 3. The Labute approximate surface area is 134 Å². The van der Waals surface area contributed by atoms with Gasteiger partial charge in [0.05, 0.1) is 0 Å². The second-order valence-corrected chi connectivity index (χ2v) is 5.81. The Bertz CT molecular complexity index is 975. The Balaban J connectivity index is 1.88. The number of aromatic amines is 1. The molecule has 0 bridgehead atoms. The van der Waals surface area contributed by atoms with Gasteiger partial charge in [-0.2, -0.15) is 0 Å². The van der Waals surface area contributed by atoms with Crippen molar-refractivity contribution in [1.29, 1.82) is 0 Å². The number of allylic oxidation sites excluding steroid dienone is 5. The lowest BCUT2D eigenvalue weighted by Gasteiger charge is -2.20. The maximum atomic E-state index is 4.53. The van der Waals surface area contributed by atoms with Crippen LogP contribution in [0, 0.1) is 0 Å². The number of hydrogen-bond donors (Lipinski definition) is 1. The fourth-order valence-electron chi connectivity index (χ4n) is 3.02. The fourth-order valence-corrected chi connectivity index (χ4v) is 3.02. The summed E-state index contributed by atoms with van der Waals surface area (Å²) < 4.78 is 0. The van der Waals surface area contributed by atoms with Crippen LogP contribution >= 0.6 is 0 Å². The third-order valence-corrected chi connectivity index (χ3v) is 4.19. The molecule has 0 saturated heterocycles. The molecule has 0 unspecified atom stereocenters. The van der Waals surface area contributed by atoms with Crippen LogP contribution in [0.1, 0.15) is 13.3 Å². The Kier molecular flexibility index (Phi) is 3.23. The molecule has 1 aliphatic rings. The molecule has 0 aliphatic heterocycles. The van der Waals surface area contributed by atoms with Crippen LogP contribution in [0.15, 0.2) is 66.2 Å². The summed E-state index contributed by atoms with van der Waals surface area (Å²) in [7, 11) is 2.05. The molecule has 23 heavy (non-hydrogen) atoms. The molecular weight excluding hydrogens is 284 g/mol. The summed E-state index contributed by atoms with van der Waals surface area (Å²) in [5.74, 6) is 0.892. The highest BCUT2D eigenvalue weighted by Gasteiger charge is 2.15. The predicted octanol–water partition coefficient (Wildman–Crippen LogP) is 4.34. The van der Waals surface area contributed by atoms with Crippen molar-refractivity contribution >= 4 is 27.8 Å². The Morgan fingerprint density at radius 1 is 1.17 bits per heavy atom. The Morgan fingerprint density at radius 3 is 2.96 bits per heavy atom. The van der Waals surface area contributed by atoms with Crippen LogP contribution in [0.3, 0.4) is 0 Å². The third-order valence-electron chi connectivity index (χ3n) is 4.19. The molecule has 114 valence electrons. The van der Waals surface area contributed by atoms with E-state index in [1.165, 1.54) is 5.57 Å². The topological polar surface area (TPSA) is 44.8 Å². The number of fused-ring (bicyclic) bond motifs is 3. The third kappa shape index (κ3) is 2.32. The first-order chi connectivity index (χ1) is 11.2. The fraction of sp³-hybridized carbons (Fsp3) is 0.158. The van der Waals surface area contributed by atoms with Gasteiger partial charge >= 0.3 is 0 Å². The zero-order valence-electron chi connectivity index (χ0n) is 13.2. The molecule has 0 radical (unpaired) electrons. The smallest absolute Gasteiger partial charge is 0.160 e. The van der Waals surface area contributed by atoms with Crippen LogP contribution in [-0.4, -0.2) is 22.0 Å². The highest BCUT2D eigenvalue weighted by Crippen LogP contribution is 2.30. The molecule has 0 spiro atoms. The minimum absolute atomic E-state index is 0.892. The zero-order valence-corrected chi connectivity index (χ0v) is 13.2. The van der Waals surface area contributed by atoms with Crippen molar-refractivity contribution in [2.75, 3.05) is 11.9 Å². The van der Waals surface area contributed by atoms with E-state index in [2.05, 4.69) is 63.2 Å². The number of para-hydroxylation sites is 1. The number of rotatable bonds is 2. The van der Waals surface area contributed by atoms with Crippen molar-refractivity contribution < 1.29 is 0 Å². The molecule has 4 rings (SSSR count). The van der Waals surface area contributed by atoms with E-state index in [0.29, 0.717) is 0 Å². The van der Waals surface area contributed by atoms with Gasteiger partial charge in [-0.15, -0.1) is 0 Å². The van der Waals surface area contributed by atoms with Gasteiger partial charge in [0.15, 0.2) is 5.82 Å². The van der Waals surface area contributed by atoms with Crippen molar-refractivity contribution in [3.8, 4) is 0 Å². The van der Waals surface area contributed by atoms with Gasteiger partial charge in [0.25, 0.3) is 0 Å². The lowest BCUT2D eigenvalue weighted by Crippen LogP contribution is -2.17. The average molecular weight is 302 g/mol. The lowest BCUT2D eigenvalue weighted by atomic mass is 10.2. The largest absolute Gasteiger partial charge is 0.350 e. The Morgan fingerprint density at radius 2 is 2.04 bits per heavy atom. The number of likely N-dealkylation sites (N-methyl/N-ethyl adjacent to an activating group) is 1. The van der Waals surface area contributed by atoms with Crippen LogP contribution in [0.4, 0.5) is 5.82 Å². The second-order valence-electron chi connectivity index (χ2n) is 5.81. The standard InChI is InChI=1S/C19H18N4/c1-13-7-3-4-8-14(11-13)23(2)19-18-17(20-12-21-19)15-9-5-6-10-16(15)22-18/h3,5-12,22H,4H2,1-2H3. The van der Waals surface area contributed by atoms with Crippen LogP contribution in [0.25, 0.3) is 21.9 Å². The summed E-state index contributed by atoms with van der Waals surface area (Å²) in [6, 6.07) is 8.22. The van der Waals surface area contributed by atoms with E-state index in [1.807, 2.05) is 19.2 Å². The number of aromatic nitrogens is 3. The van der Waals surface area contributed by atoms with Gasteiger partial charge in [0, 0.05) is 23.6 Å². The number of anilines is 1. The summed E-state index contributed by atoms with van der Waals surface area (Å²) in [5, 5.41) is 1.13. The van der Waals surface area contributed by atoms with Crippen molar-refractivity contribution in [2.24, 2.45) is 0 Å². The number of benzene rings is 1. The molecule has 3 aromatic rings. The molecule has 0 amide bonds. The molecule has 4 heteroatoms. The van der Waals surface area contributed by atoms with E-state index < -0.39 is 0 Å². The van der Waals surface area contributed by atoms with E-state index in [1.54, 1.807) is 6.33 Å². The summed E-state index contributed by atoms with van der Waals surface area (Å²) in [6.07, 6.45) is 11.3. The van der Waals surface area contributed by atoms with E-state index >= 15 is 0 Å². The van der Waals surface area contributed by atoms with Crippen LogP contribution in [0.5, 0.6) is 0 Å². The van der Waals surface area contributed by atoms with E-state index in [0.717, 1.165) is 39.9 Å². The van der Waals surface area contributed by atoms with E-state index in [4.69, 9.17) is 0 Å². The summed E-state index contributed by atoms with van der Waals surface area (Å²) in [5.41, 5.74) is 5.40. The van der Waals surface area contributed by atoms with Gasteiger partial charge in [-0.3, -0.25) is 0 Å². The normalized spacial score (nSPS) is 14.7. The minimum Gasteiger partial charge on any atom is -0.350 e. The molecule has 1 aliphatic carbocycles. The first-order valence-electron chi connectivity index (χ1n) is 7.74. The summed E-state index contributed by atoms with van der Waals surface area (Å²) in [6.45, 7) is 2.11. The maximum Gasteiger partial charge on any atom is 0.160 e. The summed E-state index contributed by atoms with van der Waals surface area (Å²) >= 11 is 0. The SMILES string of the molecule is CC1=CC(N(C)c2ncnc3c2[nH]c2ccccc23)=CCC=C1. The number of nitrogens with one attached hydrogen (secondary N) is 1. The van der Waals surface area contributed by atoms with Crippen LogP contribution in [-0.2, 0) is 0 Å². The van der Waals surface area contributed by atoms with Gasteiger partial charge in [-0.05, 0) is 31.1 Å². The molecule has 0 fully saturated rings. The van der Waals surface area contributed by atoms with Gasteiger partial charge in [-0.1, -0.05) is 36.4 Å². The Hall–Kier alpha value is -2.88. The monoisotopic (exact) mass is 302 g/mol. The number of hydrogen-bond acceptors (Lipinski definition) is 3. The molecule has 1 aromatic carbocycles. The highest BCUT2D eigenvalue weighted by atomic mass is 15.2. The van der Waals surface area contributed by atoms with Crippen molar-refractivity contribution in [3.63, 3.8) is 0 Å². The van der Waals surface area contributed by atoms with Crippen LogP contribution in [0.2, 0.25) is 0 Å². The quantitative estimate of drug-likeness (QED) is 0.766. The maximum absolute atomic E-state index is 4.53. The molecule has 0 saturated carbocycles. The highest BCUT2D eigenvalue weighted by molar-refractivity contribution is 6.08.